The number of anilines is 1. The Bertz CT molecular complexity index is 410. The molecular weight excluding hydrogens is 235 g/mol. The van der Waals surface area contributed by atoms with E-state index in [2.05, 4.69) is 12.2 Å². The molecule has 0 aliphatic carbocycles. The van der Waals surface area contributed by atoms with E-state index in [9.17, 15) is 14.5 Å². The predicted molar refractivity (Wildman–Crippen MR) is 70.3 cm³/mol. The topological polar surface area (TPSA) is 55.2 Å². The van der Waals surface area contributed by atoms with Crippen LogP contribution >= 0.6 is 0 Å². The highest BCUT2D eigenvalue weighted by Crippen LogP contribution is 2.22. The molecule has 4 nitrogen and oxygen atoms in total. The second kappa shape index (κ2) is 6.93. The first-order valence-corrected chi connectivity index (χ1v) is 6.29. The average Bonchev–Trinajstić information content (AvgIpc) is 2.35. The largest absolute Gasteiger partial charge is 0.380 e. The molecule has 0 bridgehead atoms. The number of nitro benzene ring substituents is 1. The average molecular weight is 254 g/mol. The normalized spacial score (nSPS) is 12.2. The van der Waals surface area contributed by atoms with Crippen LogP contribution in [0.3, 0.4) is 0 Å². The second-order valence-corrected chi connectivity index (χ2v) is 4.31. The number of non-ortho nitro benzene ring substituents is 1. The number of hydrogen-bond acceptors (Lipinski definition) is 3. The van der Waals surface area contributed by atoms with E-state index >= 15 is 0 Å². The number of unbranched alkanes of at least 4 members (excludes halogenated alkanes) is 1. The summed E-state index contributed by atoms with van der Waals surface area (Å²) in [6.07, 6.45) is 4.06. The molecule has 0 saturated heterocycles. The van der Waals surface area contributed by atoms with Gasteiger partial charge in [0.2, 0.25) is 0 Å². The van der Waals surface area contributed by atoms with Crippen molar-refractivity contribution in [3.63, 3.8) is 0 Å². The zero-order valence-corrected chi connectivity index (χ0v) is 10.8. The molecule has 0 radical (unpaired) electrons. The summed E-state index contributed by atoms with van der Waals surface area (Å²) in [4.78, 5) is 9.91. The standard InChI is InChI=1S/C13H19FN2O2/c1-3-5-6-10(4-2)15-13-8-7-11(16(17)18)9-12(13)14/h7-10,15H,3-6H2,1-2H3. The zero-order chi connectivity index (χ0) is 13.5. The van der Waals surface area contributed by atoms with Crippen molar-refractivity contribution in [3.8, 4) is 0 Å². The molecule has 1 aromatic rings. The lowest BCUT2D eigenvalue weighted by atomic mass is 10.1. The van der Waals surface area contributed by atoms with Gasteiger partial charge in [0.15, 0.2) is 5.82 Å². The maximum absolute atomic E-state index is 13.7. The van der Waals surface area contributed by atoms with Gasteiger partial charge in [0.1, 0.15) is 0 Å². The quantitative estimate of drug-likeness (QED) is 0.588. The first-order chi connectivity index (χ1) is 8.58. The van der Waals surface area contributed by atoms with E-state index < -0.39 is 10.7 Å². The lowest BCUT2D eigenvalue weighted by molar-refractivity contribution is -0.385. The van der Waals surface area contributed by atoms with Gasteiger partial charge < -0.3 is 5.32 Å². The van der Waals surface area contributed by atoms with Gasteiger partial charge in [-0.3, -0.25) is 10.1 Å². The molecule has 0 heterocycles. The third kappa shape index (κ3) is 3.98. The number of hydrogen-bond donors (Lipinski definition) is 1. The summed E-state index contributed by atoms with van der Waals surface area (Å²) in [6.45, 7) is 4.15. The molecule has 18 heavy (non-hydrogen) atoms. The molecule has 1 unspecified atom stereocenters. The monoisotopic (exact) mass is 254 g/mol. The summed E-state index contributed by atoms with van der Waals surface area (Å²) in [5, 5.41) is 13.6. The third-order valence-corrected chi connectivity index (χ3v) is 2.92. The number of benzene rings is 1. The first kappa shape index (κ1) is 14.4. The number of nitro groups is 1. The van der Waals surface area contributed by atoms with Gasteiger partial charge >= 0.3 is 0 Å². The molecule has 100 valence electrons. The minimum atomic E-state index is -0.596. The fourth-order valence-electron chi connectivity index (χ4n) is 1.78. The van der Waals surface area contributed by atoms with E-state index in [4.69, 9.17) is 0 Å². The van der Waals surface area contributed by atoms with Crippen molar-refractivity contribution in [1.82, 2.24) is 0 Å². The van der Waals surface area contributed by atoms with Crippen LogP contribution in [0, 0.1) is 15.9 Å². The van der Waals surface area contributed by atoms with Crippen molar-refractivity contribution in [2.24, 2.45) is 0 Å². The van der Waals surface area contributed by atoms with Crippen LogP contribution in [0.4, 0.5) is 15.8 Å². The van der Waals surface area contributed by atoms with E-state index in [1.54, 1.807) is 0 Å². The van der Waals surface area contributed by atoms with E-state index in [-0.39, 0.29) is 11.7 Å². The van der Waals surface area contributed by atoms with Crippen molar-refractivity contribution in [1.29, 1.82) is 0 Å². The van der Waals surface area contributed by atoms with E-state index in [1.807, 2.05) is 6.92 Å². The number of nitrogens with one attached hydrogen (secondary N) is 1. The van der Waals surface area contributed by atoms with Gasteiger partial charge in [-0.15, -0.1) is 0 Å². The molecule has 0 aliphatic rings. The predicted octanol–water partition coefficient (Wildman–Crippen LogP) is 4.11. The van der Waals surface area contributed by atoms with Gasteiger partial charge in [0.25, 0.3) is 5.69 Å². The van der Waals surface area contributed by atoms with Crippen LogP contribution in [0.5, 0.6) is 0 Å². The Balaban J connectivity index is 2.74. The Morgan fingerprint density at radius 2 is 2.17 bits per heavy atom. The lowest BCUT2D eigenvalue weighted by Gasteiger charge is -2.18. The molecule has 0 amide bonds. The summed E-state index contributed by atoms with van der Waals surface area (Å²) >= 11 is 0. The van der Waals surface area contributed by atoms with Gasteiger partial charge in [-0.2, -0.15) is 0 Å². The molecule has 1 aromatic carbocycles. The van der Waals surface area contributed by atoms with Crippen molar-refractivity contribution in [2.45, 2.75) is 45.6 Å². The van der Waals surface area contributed by atoms with Gasteiger partial charge in [-0.1, -0.05) is 26.7 Å². The Morgan fingerprint density at radius 3 is 2.67 bits per heavy atom. The molecule has 0 spiro atoms. The Labute approximate surface area is 106 Å². The summed E-state index contributed by atoms with van der Waals surface area (Å²) in [7, 11) is 0. The Hall–Kier alpha value is -1.65. The highest BCUT2D eigenvalue weighted by atomic mass is 19.1. The lowest BCUT2D eigenvalue weighted by Crippen LogP contribution is -2.19. The molecule has 0 saturated carbocycles. The molecule has 1 N–H and O–H groups in total. The van der Waals surface area contributed by atoms with Crippen LogP contribution in [-0.2, 0) is 0 Å². The maximum atomic E-state index is 13.7. The van der Waals surface area contributed by atoms with Gasteiger partial charge in [0.05, 0.1) is 16.7 Å². The third-order valence-electron chi connectivity index (χ3n) is 2.92. The minimum absolute atomic E-state index is 0.209. The van der Waals surface area contributed by atoms with Crippen molar-refractivity contribution >= 4 is 11.4 Å². The fourth-order valence-corrected chi connectivity index (χ4v) is 1.78. The van der Waals surface area contributed by atoms with Gasteiger partial charge in [-0.25, -0.2) is 4.39 Å². The molecule has 5 heteroatoms. The second-order valence-electron chi connectivity index (χ2n) is 4.31. The van der Waals surface area contributed by atoms with Crippen molar-refractivity contribution in [2.75, 3.05) is 5.32 Å². The number of rotatable bonds is 7. The van der Waals surface area contributed by atoms with Crippen LogP contribution in [0.15, 0.2) is 18.2 Å². The van der Waals surface area contributed by atoms with Crippen molar-refractivity contribution in [3.05, 3.63) is 34.1 Å². The first-order valence-electron chi connectivity index (χ1n) is 6.29. The Kier molecular flexibility index (Phi) is 5.55. The van der Waals surface area contributed by atoms with Crippen LogP contribution in [0.1, 0.15) is 39.5 Å². The highest BCUT2D eigenvalue weighted by Gasteiger charge is 2.13. The summed E-state index contributed by atoms with van der Waals surface area (Å²) in [5.74, 6) is -0.570. The highest BCUT2D eigenvalue weighted by molar-refractivity contribution is 5.50. The van der Waals surface area contributed by atoms with Crippen LogP contribution in [-0.4, -0.2) is 11.0 Å². The number of halogens is 1. The van der Waals surface area contributed by atoms with Gasteiger partial charge in [-0.05, 0) is 18.9 Å². The van der Waals surface area contributed by atoms with Crippen LogP contribution in [0.2, 0.25) is 0 Å². The SMILES string of the molecule is CCCCC(CC)Nc1ccc([N+](=O)[O-])cc1F. The molecule has 0 fully saturated rings. The summed E-state index contributed by atoms with van der Waals surface area (Å²) in [6, 6.07) is 3.91. The smallest absolute Gasteiger partial charge is 0.272 e. The Morgan fingerprint density at radius 1 is 1.44 bits per heavy atom. The molecule has 1 atom stereocenters. The van der Waals surface area contributed by atoms with Crippen LogP contribution < -0.4 is 5.32 Å². The molecule has 1 rings (SSSR count). The fraction of sp³-hybridized carbons (Fsp3) is 0.538. The van der Waals surface area contributed by atoms with Crippen LogP contribution in [0.25, 0.3) is 0 Å². The van der Waals surface area contributed by atoms with E-state index in [1.165, 1.54) is 12.1 Å². The summed E-state index contributed by atoms with van der Waals surface area (Å²) < 4.78 is 13.7. The molecule has 0 aliphatic heterocycles. The zero-order valence-electron chi connectivity index (χ0n) is 10.8. The molecule has 0 aromatic heterocycles. The van der Waals surface area contributed by atoms with Gasteiger partial charge in [0, 0.05) is 12.1 Å². The molecular formula is C13H19FN2O2. The van der Waals surface area contributed by atoms with Crippen molar-refractivity contribution < 1.29 is 9.31 Å². The minimum Gasteiger partial charge on any atom is -0.380 e. The summed E-state index contributed by atoms with van der Waals surface area (Å²) in [5.41, 5.74) is 0.114. The van der Waals surface area contributed by atoms with E-state index in [0.29, 0.717) is 5.69 Å². The van der Waals surface area contributed by atoms with E-state index in [0.717, 1.165) is 31.7 Å². The number of nitrogens with zero attached hydrogens (tertiary/aromatic N) is 1. The maximum Gasteiger partial charge on any atom is 0.272 e.